The summed E-state index contributed by atoms with van der Waals surface area (Å²) in [5, 5.41) is 11.1. The highest BCUT2D eigenvalue weighted by molar-refractivity contribution is 7.07. The number of nitrogens with one attached hydrogen (secondary N) is 1. The van der Waals surface area contributed by atoms with Gasteiger partial charge in [0.25, 0.3) is 12.5 Å². The topological polar surface area (TPSA) is 83.2 Å². The molecule has 1 amide bonds. The van der Waals surface area contributed by atoms with E-state index in [1.807, 2.05) is 34.6 Å². The molecule has 1 aromatic heterocycles. The van der Waals surface area contributed by atoms with E-state index in [4.69, 9.17) is 5.11 Å². The van der Waals surface area contributed by atoms with Gasteiger partial charge in [-0.1, -0.05) is 32.4 Å². The predicted octanol–water partition coefficient (Wildman–Crippen LogP) is 1.32. The molecular weight excluding hydrogens is 254 g/mol. The Morgan fingerprint density at radius 2 is 1.94 bits per heavy atom. The summed E-state index contributed by atoms with van der Waals surface area (Å²) in [5.41, 5.74) is 0. The van der Waals surface area contributed by atoms with E-state index in [2.05, 4.69) is 9.81 Å². The van der Waals surface area contributed by atoms with Crippen molar-refractivity contribution >= 4 is 23.4 Å². The molecule has 0 bridgehead atoms. The summed E-state index contributed by atoms with van der Waals surface area (Å²) >= 11 is 0.977. The molecule has 0 aliphatic rings. The SMILES string of the molecule is CC.CC.CCNC(=O)c1c[n+](CC(=O)O)ns1. The Morgan fingerprint density at radius 1 is 1.39 bits per heavy atom. The Hall–Kier alpha value is -1.50. The number of carbonyl (C=O) groups excluding carboxylic acids is 1. The molecule has 0 aromatic carbocycles. The van der Waals surface area contributed by atoms with E-state index >= 15 is 0 Å². The average Bonchev–Trinajstić information content (AvgIpc) is 2.82. The van der Waals surface area contributed by atoms with Crippen LogP contribution in [0, 0.1) is 0 Å². The number of aromatic nitrogens is 2. The quantitative estimate of drug-likeness (QED) is 0.812. The maximum absolute atomic E-state index is 11.2. The van der Waals surface area contributed by atoms with Gasteiger partial charge in [0.1, 0.15) is 0 Å². The van der Waals surface area contributed by atoms with Crippen LogP contribution in [0.5, 0.6) is 0 Å². The first-order chi connectivity index (χ1) is 8.63. The molecule has 0 radical (unpaired) electrons. The van der Waals surface area contributed by atoms with Gasteiger partial charge in [-0.05, 0) is 6.92 Å². The highest BCUT2D eigenvalue weighted by Gasteiger charge is 2.17. The molecule has 18 heavy (non-hydrogen) atoms. The molecule has 1 aromatic rings. The minimum absolute atomic E-state index is 0.226. The third kappa shape index (κ3) is 7.72. The van der Waals surface area contributed by atoms with Gasteiger partial charge in [-0.2, -0.15) is 0 Å². The number of amides is 1. The fourth-order valence-electron chi connectivity index (χ4n) is 0.840. The lowest BCUT2D eigenvalue weighted by atomic mass is 10.5. The van der Waals surface area contributed by atoms with Gasteiger partial charge < -0.3 is 10.4 Å². The first-order valence-electron chi connectivity index (χ1n) is 6.00. The monoisotopic (exact) mass is 276 g/mol. The van der Waals surface area contributed by atoms with Crippen molar-refractivity contribution in [3.8, 4) is 0 Å². The van der Waals surface area contributed by atoms with Crippen molar-refractivity contribution in [2.75, 3.05) is 6.54 Å². The largest absolute Gasteiger partial charge is 0.476 e. The van der Waals surface area contributed by atoms with E-state index in [-0.39, 0.29) is 12.5 Å². The van der Waals surface area contributed by atoms with Crippen molar-refractivity contribution in [3.63, 3.8) is 0 Å². The van der Waals surface area contributed by atoms with Crippen LogP contribution >= 0.6 is 11.5 Å². The lowest BCUT2D eigenvalue weighted by Crippen LogP contribution is -2.38. The van der Waals surface area contributed by atoms with Crippen LogP contribution in [0.25, 0.3) is 0 Å². The van der Waals surface area contributed by atoms with Crippen LogP contribution in [-0.4, -0.2) is 28.0 Å². The zero-order valence-corrected chi connectivity index (χ0v) is 12.4. The summed E-state index contributed by atoms with van der Waals surface area (Å²) in [6, 6.07) is 0. The number of aliphatic carboxylic acids is 1. The van der Waals surface area contributed by atoms with Gasteiger partial charge in [0.15, 0.2) is 4.88 Å². The number of carboxylic acid groups (broad SMARTS) is 1. The minimum atomic E-state index is -0.984. The number of nitrogens with zero attached hydrogens (tertiary/aromatic N) is 2. The molecule has 0 spiro atoms. The molecule has 0 saturated heterocycles. The van der Waals surface area contributed by atoms with E-state index in [1.165, 1.54) is 10.9 Å². The lowest BCUT2D eigenvalue weighted by Gasteiger charge is -1.93. The van der Waals surface area contributed by atoms with Gasteiger partial charge in [-0.25, -0.2) is 4.79 Å². The van der Waals surface area contributed by atoms with Crippen LogP contribution in [-0.2, 0) is 11.3 Å². The van der Waals surface area contributed by atoms with Gasteiger partial charge in [0.05, 0.1) is 4.49 Å². The van der Waals surface area contributed by atoms with Crippen LogP contribution in [0.15, 0.2) is 6.20 Å². The van der Waals surface area contributed by atoms with Gasteiger partial charge >= 0.3 is 5.97 Å². The van der Waals surface area contributed by atoms with Crippen molar-refractivity contribution in [2.24, 2.45) is 0 Å². The van der Waals surface area contributed by atoms with Gasteiger partial charge in [0, 0.05) is 18.1 Å². The highest BCUT2D eigenvalue weighted by atomic mass is 32.1. The van der Waals surface area contributed by atoms with E-state index < -0.39 is 5.97 Å². The second-order valence-corrected chi connectivity index (χ2v) is 3.30. The number of carboxylic acids is 1. The molecule has 2 N–H and O–H groups in total. The molecule has 1 heterocycles. The van der Waals surface area contributed by atoms with Gasteiger partial charge in [-0.15, -0.1) is 0 Å². The molecule has 0 unspecified atom stereocenters. The van der Waals surface area contributed by atoms with Gasteiger partial charge in [-0.3, -0.25) is 4.79 Å². The first kappa shape index (κ1) is 18.9. The summed E-state index contributed by atoms with van der Waals surface area (Å²) < 4.78 is 5.00. The predicted molar refractivity (Wildman–Crippen MR) is 70.6 cm³/mol. The zero-order chi connectivity index (χ0) is 14.6. The van der Waals surface area contributed by atoms with E-state index in [1.54, 1.807) is 0 Å². The first-order valence-corrected chi connectivity index (χ1v) is 6.77. The summed E-state index contributed by atoms with van der Waals surface area (Å²) in [6.45, 7) is 10.1. The Kier molecular flexibility index (Phi) is 12.5. The van der Waals surface area contributed by atoms with Crippen molar-refractivity contribution in [3.05, 3.63) is 11.1 Å². The summed E-state index contributed by atoms with van der Waals surface area (Å²) in [6.07, 6.45) is 1.42. The molecule has 0 fully saturated rings. The number of hydrogen-bond acceptors (Lipinski definition) is 4. The number of carbonyl (C=O) groups is 2. The minimum Gasteiger partial charge on any atom is -0.476 e. The molecular formula is C11H22N3O3S+. The van der Waals surface area contributed by atoms with Crippen molar-refractivity contribution < 1.29 is 19.4 Å². The summed E-state index contributed by atoms with van der Waals surface area (Å²) in [7, 11) is 0. The number of rotatable bonds is 4. The standard InChI is InChI=1S/C7H9N3O3S.2C2H6/c1-2-8-7(13)5-3-10(9-14-5)4-6(11)12;2*1-2/h3H,2,4H2,1H3,(H-,8,11,12,13);2*1-2H3/p+1. The fraction of sp³-hybridized carbons (Fsp3) is 0.636. The zero-order valence-electron chi connectivity index (χ0n) is 11.6. The van der Waals surface area contributed by atoms with Crippen LogP contribution in [0.1, 0.15) is 44.3 Å². The van der Waals surface area contributed by atoms with E-state index in [0.29, 0.717) is 11.4 Å². The Labute approximate surface area is 112 Å². The molecule has 0 atom stereocenters. The van der Waals surface area contributed by atoms with Crippen LogP contribution in [0.3, 0.4) is 0 Å². The van der Waals surface area contributed by atoms with Crippen LogP contribution in [0.2, 0.25) is 0 Å². The Balaban J connectivity index is 0. The van der Waals surface area contributed by atoms with Gasteiger partial charge in [0.2, 0.25) is 6.20 Å². The van der Waals surface area contributed by atoms with E-state index in [0.717, 1.165) is 11.5 Å². The fourth-order valence-corrected chi connectivity index (χ4v) is 1.46. The lowest BCUT2D eigenvalue weighted by molar-refractivity contribution is -0.735. The average molecular weight is 276 g/mol. The second-order valence-electron chi connectivity index (χ2n) is 2.52. The van der Waals surface area contributed by atoms with Crippen molar-refractivity contribution in [2.45, 2.75) is 41.2 Å². The van der Waals surface area contributed by atoms with Crippen molar-refractivity contribution in [1.82, 2.24) is 9.81 Å². The molecule has 0 aliphatic heterocycles. The number of hydrogen-bond donors (Lipinski definition) is 2. The molecule has 1 rings (SSSR count). The normalized spacial score (nSPS) is 8.28. The highest BCUT2D eigenvalue weighted by Crippen LogP contribution is 1.99. The molecule has 104 valence electrons. The van der Waals surface area contributed by atoms with Crippen molar-refractivity contribution in [1.29, 1.82) is 0 Å². The summed E-state index contributed by atoms with van der Waals surface area (Å²) in [4.78, 5) is 22.0. The van der Waals surface area contributed by atoms with E-state index in [9.17, 15) is 9.59 Å². The smallest absolute Gasteiger partial charge is 0.372 e. The third-order valence-electron chi connectivity index (χ3n) is 1.37. The molecule has 0 aliphatic carbocycles. The Bertz CT molecular complexity index is 353. The Morgan fingerprint density at radius 3 is 2.39 bits per heavy atom. The van der Waals surface area contributed by atoms with Crippen LogP contribution < -0.4 is 10.00 Å². The molecule has 0 saturated carbocycles. The second kappa shape index (κ2) is 12.0. The molecule has 7 heteroatoms. The summed E-state index contributed by atoms with van der Waals surface area (Å²) in [5.74, 6) is -1.21. The third-order valence-corrected chi connectivity index (χ3v) is 2.15. The molecule has 6 nitrogen and oxygen atoms in total. The maximum Gasteiger partial charge on any atom is 0.372 e. The van der Waals surface area contributed by atoms with Crippen LogP contribution in [0.4, 0.5) is 0 Å². The maximum atomic E-state index is 11.2.